The molecule has 0 spiro atoms. The first-order chi connectivity index (χ1) is 32.5. The number of anilines is 2. The molecule has 0 aromatic heterocycles. The van der Waals surface area contributed by atoms with Crippen LogP contribution in [0.25, 0.3) is 33.4 Å². The zero-order valence-electron chi connectivity index (χ0n) is 37.5. The summed E-state index contributed by atoms with van der Waals surface area (Å²) in [6.07, 6.45) is 18.9. The van der Waals surface area contributed by atoms with Gasteiger partial charge in [-0.15, -0.1) is 0 Å². The predicted molar refractivity (Wildman–Crippen MR) is 274 cm³/mol. The second-order valence-corrected chi connectivity index (χ2v) is 19.4. The summed E-state index contributed by atoms with van der Waals surface area (Å²) in [5, 5.41) is 0. The van der Waals surface area contributed by atoms with Gasteiger partial charge in [-0.2, -0.15) is 0 Å². The Kier molecular flexibility index (Phi) is 8.72. The molecule has 0 fully saturated rings. The van der Waals surface area contributed by atoms with E-state index < -0.39 is 5.41 Å². The average molecular weight is 846 g/mol. The summed E-state index contributed by atoms with van der Waals surface area (Å²) >= 11 is 0. The molecule has 13 rings (SSSR count). The zero-order valence-corrected chi connectivity index (χ0v) is 37.5. The molecule has 0 saturated heterocycles. The summed E-state index contributed by atoms with van der Waals surface area (Å²) in [6.45, 7) is 4.78. The Labute approximate surface area is 389 Å². The minimum atomic E-state index is -0.448. The molecular weight excluding hydrogens is 795 g/mol. The van der Waals surface area contributed by atoms with E-state index in [2.05, 4.69) is 255 Å². The fourth-order valence-corrected chi connectivity index (χ4v) is 13.3. The fraction of sp³-hybridized carbons (Fsp3) is 0.138. The molecule has 1 nitrogen and oxygen atoms in total. The van der Waals surface area contributed by atoms with E-state index in [-0.39, 0.29) is 22.7 Å². The lowest BCUT2D eigenvalue weighted by molar-refractivity contribution is 0.275. The lowest BCUT2D eigenvalue weighted by Crippen LogP contribution is -2.50. The third kappa shape index (κ3) is 5.35. The van der Waals surface area contributed by atoms with E-state index >= 15 is 0 Å². The van der Waals surface area contributed by atoms with Crippen LogP contribution in [0.15, 0.2) is 242 Å². The third-order valence-corrected chi connectivity index (χ3v) is 16.0. The molecule has 1 heteroatoms. The van der Waals surface area contributed by atoms with Gasteiger partial charge in [-0.3, -0.25) is 0 Å². The summed E-state index contributed by atoms with van der Waals surface area (Å²) in [6, 6.07) is 73.6. The smallest absolute Gasteiger partial charge is 0.0719 e. The van der Waals surface area contributed by atoms with Crippen molar-refractivity contribution in [1.82, 2.24) is 0 Å². The van der Waals surface area contributed by atoms with E-state index in [1.54, 1.807) is 0 Å². The van der Waals surface area contributed by atoms with E-state index in [1.165, 1.54) is 89.3 Å². The highest BCUT2D eigenvalue weighted by molar-refractivity contribution is 5.91. The van der Waals surface area contributed by atoms with Gasteiger partial charge in [0.1, 0.15) is 0 Å². The Morgan fingerprint density at radius 2 is 1.03 bits per heavy atom. The maximum Gasteiger partial charge on any atom is 0.0719 e. The molecule has 8 aromatic rings. The third-order valence-electron chi connectivity index (χ3n) is 16.0. The van der Waals surface area contributed by atoms with Crippen LogP contribution in [-0.2, 0) is 16.2 Å². The first kappa shape index (κ1) is 38.9. The molecule has 0 radical (unpaired) electrons. The lowest BCUT2D eigenvalue weighted by atomic mass is 9.47. The van der Waals surface area contributed by atoms with Crippen molar-refractivity contribution in [2.45, 2.75) is 42.9 Å². The highest BCUT2D eigenvalue weighted by Crippen LogP contribution is 2.67. The van der Waals surface area contributed by atoms with Gasteiger partial charge in [0.25, 0.3) is 0 Å². The van der Waals surface area contributed by atoms with Crippen LogP contribution in [0.1, 0.15) is 71.2 Å². The molecule has 0 heterocycles. The highest BCUT2D eigenvalue weighted by atomic mass is 15.1. The van der Waals surface area contributed by atoms with Crippen LogP contribution in [-0.4, -0.2) is 0 Å². The van der Waals surface area contributed by atoms with Gasteiger partial charge in [-0.1, -0.05) is 220 Å². The second-order valence-electron chi connectivity index (χ2n) is 19.4. The summed E-state index contributed by atoms with van der Waals surface area (Å²) < 4.78 is 0. The molecule has 8 aromatic carbocycles. The van der Waals surface area contributed by atoms with Crippen molar-refractivity contribution in [3.8, 4) is 33.4 Å². The Balaban J connectivity index is 1.05. The van der Waals surface area contributed by atoms with Gasteiger partial charge in [0.05, 0.1) is 5.41 Å². The van der Waals surface area contributed by atoms with Crippen LogP contribution < -0.4 is 4.90 Å². The van der Waals surface area contributed by atoms with Crippen molar-refractivity contribution in [2.75, 3.05) is 4.90 Å². The van der Waals surface area contributed by atoms with Gasteiger partial charge in [0.2, 0.25) is 0 Å². The summed E-state index contributed by atoms with van der Waals surface area (Å²) in [7, 11) is 0. The van der Waals surface area contributed by atoms with Crippen molar-refractivity contribution in [2.24, 2.45) is 11.8 Å². The molecule has 0 bridgehead atoms. The largest absolute Gasteiger partial charge is 0.311 e. The zero-order chi connectivity index (χ0) is 44.0. The Hall–Kier alpha value is -7.48. The van der Waals surface area contributed by atoms with E-state index in [1.807, 2.05) is 0 Å². The second kappa shape index (κ2) is 14.8. The molecule has 0 N–H and O–H groups in total. The number of hydrogen-bond donors (Lipinski definition) is 0. The van der Waals surface area contributed by atoms with Crippen LogP contribution >= 0.6 is 0 Å². The van der Waals surface area contributed by atoms with Gasteiger partial charge < -0.3 is 4.90 Å². The number of nitrogens with zero attached hydrogens (tertiary/aromatic N) is 1. The predicted octanol–water partition coefficient (Wildman–Crippen LogP) is 16.1. The van der Waals surface area contributed by atoms with Crippen molar-refractivity contribution < 1.29 is 0 Å². The molecule has 5 aliphatic carbocycles. The minimum Gasteiger partial charge on any atom is -0.311 e. The van der Waals surface area contributed by atoms with E-state index in [4.69, 9.17) is 0 Å². The summed E-state index contributed by atoms with van der Waals surface area (Å²) in [4.78, 5) is 2.54. The molecule has 4 unspecified atom stereocenters. The first-order valence-electron chi connectivity index (χ1n) is 23.8. The van der Waals surface area contributed by atoms with Crippen molar-refractivity contribution >= 4 is 11.4 Å². The molecule has 0 saturated carbocycles. The topological polar surface area (TPSA) is 3.24 Å². The number of benzene rings is 8. The van der Waals surface area contributed by atoms with Crippen LogP contribution in [0, 0.1) is 11.8 Å². The van der Waals surface area contributed by atoms with Crippen molar-refractivity contribution in [3.05, 3.63) is 287 Å². The SMILES string of the molecule is CC1(C)c2ccccc2-c2ccc(N(C3=CC(C4(C5C=CC=CC5)c5ccccc5C5(c6ccccc6)c6ccccc6-c6cccc4c65)CC=C3)c3ccc(-c4ccccc4)cc3)cc21. The number of fused-ring (bicyclic) bond motifs is 8. The maximum atomic E-state index is 2.66. The average Bonchev–Trinajstić information content (AvgIpc) is 3.82. The van der Waals surface area contributed by atoms with Gasteiger partial charge in [0, 0.05) is 27.9 Å². The maximum absolute atomic E-state index is 2.66. The van der Waals surface area contributed by atoms with Crippen molar-refractivity contribution in [1.29, 1.82) is 0 Å². The van der Waals surface area contributed by atoms with Gasteiger partial charge in [-0.05, 0) is 133 Å². The molecule has 0 amide bonds. The van der Waals surface area contributed by atoms with Gasteiger partial charge in [-0.25, -0.2) is 0 Å². The molecule has 316 valence electrons. The Morgan fingerprint density at radius 1 is 0.439 bits per heavy atom. The van der Waals surface area contributed by atoms with Crippen LogP contribution in [0.5, 0.6) is 0 Å². The highest BCUT2D eigenvalue weighted by Gasteiger charge is 2.60. The standard InChI is InChI=1S/C65H51N/c1-63(2)56-31-14-12-28-52(56)54-41-40-51(43-61(54)63)66(49-38-36-45(37-39-49)44-20-6-3-7-21-44)50-27-18-26-48(42-50)64(46-22-8-4-9-23-46)58-33-16-17-34-59(58)65(47-24-10-5-11-25-47)57-32-15-13-29-53(57)55-30-19-35-60(64)62(55)65/h3-22,24-25,27-43,46,48H,23,26H2,1-2H3. The normalized spacial score (nSPS) is 22.1. The number of hydrogen-bond acceptors (Lipinski definition) is 1. The minimum absolute atomic E-state index is 0.128. The van der Waals surface area contributed by atoms with Gasteiger partial charge in [0.15, 0.2) is 0 Å². The Morgan fingerprint density at radius 3 is 1.79 bits per heavy atom. The van der Waals surface area contributed by atoms with E-state index in [0.29, 0.717) is 0 Å². The summed E-state index contributed by atoms with van der Waals surface area (Å²) in [5.41, 5.74) is 21.6. The fourth-order valence-electron chi connectivity index (χ4n) is 13.3. The van der Waals surface area contributed by atoms with E-state index in [0.717, 1.165) is 18.5 Å². The monoisotopic (exact) mass is 845 g/mol. The quantitative estimate of drug-likeness (QED) is 0.154. The lowest BCUT2D eigenvalue weighted by Gasteiger charge is -2.55. The Bertz CT molecular complexity index is 3350. The molecule has 0 aliphatic heterocycles. The van der Waals surface area contributed by atoms with E-state index in [9.17, 15) is 0 Å². The molecule has 4 atom stereocenters. The van der Waals surface area contributed by atoms with Crippen LogP contribution in [0.4, 0.5) is 11.4 Å². The van der Waals surface area contributed by atoms with Gasteiger partial charge >= 0.3 is 0 Å². The first-order valence-corrected chi connectivity index (χ1v) is 23.8. The molecule has 66 heavy (non-hydrogen) atoms. The van der Waals surface area contributed by atoms with Crippen LogP contribution in [0.2, 0.25) is 0 Å². The summed E-state index contributed by atoms with van der Waals surface area (Å²) in [5.74, 6) is 0.351. The number of allylic oxidation sites excluding steroid dienone is 7. The number of rotatable bonds is 7. The molecule has 5 aliphatic rings. The van der Waals surface area contributed by atoms with Crippen molar-refractivity contribution in [3.63, 3.8) is 0 Å². The molecular formula is C65H51N. The van der Waals surface area contributed by atoms with Crippen LogP contribution in [0.3, 0.4) is 0 Å².